The topological polar surface area (TPSA) is 78.1 Å². The lowest BCUT2D eigenvalue weighted by atomic mass is 9.99. The van der Waals surface area contributed by atoms with Gasteiger partial charge >= 0.3 is 0 Å². The van der Waals surface area contributed by atoms with E-state index in [1.54, 1.807) is 11.2 Å². The minimum Gasteiger partial charge on any atom is -0.316 e. The number of aromatic amines is 1. The van der Waals surface area contributed by atoms with Crippen molar-refractivity contribution in [2.45, 2.75) is 50.1 Å². The minimum absolute atomic E-state index is 0.0121. The summed E-state index contributed by atoms with van der Waals surface area (Å²) >= 11 is 0. The first-order valence-corrected chi connectivity index (χ1v) is 8.11. The monoisotopic (exact) mass is 286 g/mol. The van der Waals surface area contributed by atoms with Crippen LogP contribution in [0.3, 0.4) is 0 Å². The Labute approximate surface area is 114 Å². The fourth-order valence-electron chi connectivity index (χ4n) is 2.65. The molecule has 2 rings (SSSR count). The quantitative estimate of drug-likeness (QED) is 0.861. The lowest BCUT2D eigenvalue weighted by Gasteiger charge is -2.37. The zero-order valence-corrected chi connectivity index (χ0v) is 12.5. The summed E-state index contributed by atoms with van der Waals surface area (Å²) in [6.07, 6.45) is 4.30. The van der Waals surface area contributed by atoms with E-state index in [1.807, 2.05) is 14.0 Å². The Kier molecular flexibility index (Phi) is 4.27. The van der Waals surface area contributed by atoms with Crippen LogP contribution >= 0.6 is 0 Å². The van der Waals surface area contributed by atoms with Crippen LogP contribution < -0.4 is 5.32 Å². The van der Waals surface area contributed by atoms with Gasteiger partial charge in [-0.1, -0.05) is 6.42 Å². The maximum absolute atomic E-state index is 12.7. The molecule has 1 fully saturated rings. The molecule has 2 unspecified atom stereocenters. The maximum Gasteiger partial charge on any atom is 0.246 e. The molecule has 0 radical (unpaired) electrons. The van der Waals surface area contributed by atoms with Gasteiger partial charge in [0.05, 0.1) is 11.9 Å². The molecule has 108 valence electrons. The first-order valence-electron chi connectivity index (χ1n) is 6.67. The van der Waals surface area contributed by atoms with Crippen LogP contribution in [0.15, 0.2) is 11.1 Å². The minimum atomic E-state index is -3.45. The van der Waals surface area contributed by atoms with Gasteiger partial charge in [-0.15, -0.1) is 0 Å². The summed E-state index contributed by atoms with van der Waals surface area (Å²) in [5, 5.41) is 9.69. The van der Waals surface area contributed by atoms with E-state index in [2.05, 4.69) is 15.5 Å². The molecule has 1 aromatic heterocycles. The second-order valence-electron chi connectivity index (χ2n) is 5.12. The number of H-pyrrole nitrogens is 1. The summed E-state index contributed by atoms with van der Waals surface area (Å²) < 4.78 is 27.1. The van der Waals surface area contributed by atoms with E-state index >= 15 is 0 Å². The molecule has 1 saturated heterocycles. The van der Waals surface area contributed by atoms with Crippen LogP contribution in [0.1, 0.15) is 31.9 Å². The van der Waals surface area contributed by atoms with Crippen LogP contribution in [-0.4, -0.2) is 48.6 Å². The lowest BCUT2D eigenvalue weighted by Crippen LogP contribution is -2.52. The fraction of sp³-hybridized carbons (Fsp3) is 0.750. The number of hydrogen-bond donors (Lipinski definition) is 2. The van der Waals surface area contributed by atoms with E-state index in [0.29, 0.717) is 17.1 Å². The molecule has 0 bridgehead atoms. The largest absolute Gasteiger partial charge is 0.316 e. The normalized spacial score (nSPS) is 23.4. The molecular weight excluding hydrogens is 264 g/mol. The Morgan fingerprint density at radius 2 is 2.26 bits per heavy atom. The molecule has 2 N–H and O–H groups in total. The van der Waals surface area contributed by atoms with Crippen molar-refractivity contribution in [2.75, 3.05) is 13.6 Å². The molecule has 19 heavy (non-hydrogen) atoms. The van der Waals surface area contributed by atoms with E-state index in [0.717, 1.165) is 19.3 Å². The van der Waals surface area contributed by atoms with Crippen molar-refractivity contribution in [2.24, 2.45) is 0 Å². The molecular formula is C12H22N4O2S. The first kappa shape index (κ1) is 14.5. The first-order chi connectivity index (χ1) is 8.98. The number of piperidine rings is 1. The van der Waals surface area contributed by atoms with Gasteiger partial charge in [0.1, 0.15) is 4.90 Å². The summed E-state index contributed by atoms with van der Waals surface area (Å²) in [5.74, 6) is 0. The van der Waals surface area contributed by atoms with Gasteiger partial charge in [0.15, 0.2) is 0 Å². The molecule has 0 aliphatic carbocycles. The van der Waals surface area contributed by atoms with E-state index < -0.39 is 10.0 Å². The Bertz CT molecular complexity index is 526. The lowest BCUT2D eigenvalue weighted by molar-refractivity contribution is 0.213. The number of nitrogens with one attached hydrogen (secondary N) is 2. The molecule has 2 heterocycles. The molecule has 1 aliphatic rings. The molecule has 0 saturated carbocycles. The van der Waals surface area contributed by atoms with Gasteiger partial charge in [0.2, 0.25) is 10.0 Å². The smallest absolute Gasteiger partial charge is 0.246 e. The molecule has 0 spiro atoms. The molecule has 6 nitrogen and oxygen atoms in total. The molecule has 1 aliphatic heterocycles. The van der Waals surface area contributed by atoms with E-state index in [4.69, 9.17) is 0 Å². The maximum atomic E-state index is 12.7. The Balaban J connectivity index is 2.34. The molecule has 1 aromatic rings. The van der Waals surface area contributed by atoms with E-state index in [9.17, 15) is 8.42 Å². The third kappa shape index (κ3) is 2.68. The third-order valence-electron chi connectivity index (χ3n) is 3.90. The predicted octanol–water partition coefficient (Wildman–Crippen LogP) is 0.869. The van der Waals surface area contributed by atoms with Gasteiger partial charge in [-0.05, 0) is 33.7 Å². The number of hydrogen-bond acceptors (Lipinski definition) is 4. The van der Waals surface area contributed by atoms with Crippen LogP contribution in [0, 0.1) is 6.92 Å². The fourth-order valence-corrected chi connectivity index (χ4v) is 4.53. The molecule has 7 heteroatoms. The van der Waals surface area contributed by atoms with Crippen molar-refractivity contribution in [3.05, 3.63) is 11.9 Å². The molecule has 2 atom stereocenters. The van der Waals surface area contributed by atoms with Crippen molar-refractivity contribution < 1.29 is 8.42 Å². The number of nitrogens with zero attached hydrogens (tertiary/aromatic N) is 2. The Morgan fingerprint density at radius 3 is 2.84 bits per heavy atom. The zero-order chi connectivity index (χ0) is 14.0. The number of aromatic nitrogens is 2. The second kappa shape index (κ2) is 5.60. The average molecular weight is 286 g/mol. The predicted molar refractivity (Wildman–Crippen MR) is 73.4 cm³/mol. The molecule has 0 aromatic carbocycles. The van der Waals surface area contributed by atoms with Gasteiger partial charge in [-0.25, -0.2) is 8.42 Å². The summed E-state index contributed by atoms with van der Waals surface area (Å²) in [5.41, 5.74) is 0.599. The van der Waals surface area contributed by atoms with E-state index in [-0.39, 0.29) is 12.1 Å². The van der Waals surface area contributed by atoms with Gasteiger partial charge in [0, 0.05) is 18.6 Å². The van der Waals surface area contributed by atoms with Crippen molar-refractivity contribution in [1.29, 1.82) is 0 Å². The highest BCUT2D eigenvalue weighted by Gasteiger charge is 2.37. The second-order valence-corrected chi connectivity index (χ2v) is 6.97. The van der Waals surface area contributed by atoms with Gasteiger partial charge in [0.25, 0.3) is 0 Å². The summed E-state index contributed by atoms with van der Waals surface area (Å²) in [6.45, 7) is 4.35. The van der Waals surface area contributed by atoms with Crippen molar-refractivity contribution in [3.63, 3.8) is 0 Å². The van der Waals surface area contributed by atoms with Crippen molar-refractivity contribution in [3.8, 4) is 0 Å². The highest BCUT2D eigenvalue weighted by atomic mass is 32.2. The van der Waals surface area contributed by atoms with Crippen LogP contribution in [0.2, 0.25) is 0 Å². The highest BCUT2D eigenvalue weighted by Crippen LogP contribution is 2.27. The van der Waals surface area contributed by atoms with Crippen molar-refractivity contribution >= 4 is 10.0 Å². The van der Waals surface area contributed by atoms with Gasteiger partial charge in [-0.3, -0.25) is 5.10 Å². The Hall–Kier alpha value is -0.920. The summed E-state index contributed by atoms with van der Waals surface area (Å²) in [4.78, 5) is 0.294. The SMILES string of the molecule is CNC(C)C1CCCCN1S(=O)(=O)c1cn[nH]c1C. The van der Waals surface area contributed by atoms with Crippen LogP contribution in [0.5, 0.6) is 0 Å². The van der Waals surface area contributed by atoms with Gasteiger partial charge < -0.3 is 5.32 Å². The van der Waals surface area contributed by atoms with Gasteiger partial charge in [-0.2, -0.15) is 9.40 Å². The average Bonchev–Trinajstić information content (AvgIpc) is 2.85. The number of aryl methyl sites for hydroxylation is 1. The van der Waals surface area contributed by atoms with E-state index in [1.165, 1.54) is 6.20 Å². The standard InChI is InChI=1S/C12H22N4O2S/c1-9(13-3)11-6-4-5-7-16(11)19(17,18)12-8-14-15-10(12)2/h8-9,11,13H,4-7H2,1-3H3,(H,14,15). The highest BCUT2D eigenvalue weighted by molar-refractivity contribution is 7.89. The molecule has 0 amide bonds. The number of likely N-dealkylation sites (N-methyl/N-ethyl adjacent to an activating group) is 1. The van der Waals surface area contributed by atoms with Crippen LogP contribution in [-0.2, 0) is 10.0 Å². The zero-order valence-electron chi connectivity index (χ0n) is 11.7. The summed E-state index contributed by atoms with van der Waals surface area (Å²) in [7, 11) is -1.59. The number of rotatable bonds is 4. The Morgan fingerprint density at radius 1 is 1.53 bits per heavy atom. The van der Waals surface area contributed by atoms with Crippen LogP contribution in [0.25, 0.3) is 0 Å². The summed E-state index contributed by atoms with van der Waals surface area (Å²) in [6, 6.07) is 0.153. The number of sulfonamides is 1. The van der Waals surface area contributed by atoms with Crippen molar-refractivity contribution in [1.82, 2.24) is 19.8 Å². The van der Waals surface area contributed by atoms with Crippen LogP contribution in [0.4, 0.5) is 0 Å². The third-order valence-corrected chi connectivity index (χ3v) is 5.94.